The molecule has 0 saturated carbocycles. The fourth-order valence-corrected chi connectivity index (χ4v) is 3.72. The standard InChI is InChI=1S/C16H21FN2O2/c1-18-8-3-4-11-10-19(9-7-13(11)18)16(21)15-12(17)5-2-6-14(15)20/h2,5-6,11,13,20H,3-4,7-10H2,1H3. The highest BCUT2D eigenvalue weighted by atomic mass is 19.1. The highest BCUT2D eigenvalue weighted by molar-refractivity contribution is 5.97. The number of amides is 1. The molecule has 1 amide bonds. The first-order valence-corrected chi connectivity index (χ1v) is 7.55. The number of phenols is 1. The molecule has 2 aliphatic rings. The highest BCUT2D eigenvalue weighted by Crippen LogP contribution is 2.31. The lowest BCUT2D eigenvalue weighted by Crippen LogP contribution is -2.54. The maximum atomic E-state index is 13.8. The van der Waals surface area contributed by atoms with Crippen molar-refractivity contribution in [2.75, 3.05) is 26.7 Å². The minimum absolute atomic E-state index is 0.194. The molecule has 0 aromatic heterocycles. The van der Waals surface area contributed by atoms with E-state index < -0.39 is 11.7 Å². The number of piperidine rings is 2. The van der Waals surface area contributed by atoms with Crippen LogP contribution < -0.4 is 0 Å². The molecular weight excluding hydrogens is 271 g/mol. The van der Waals surface area contributed by atoms with Crippen LogP contribution in [-0.2, 0) is 0 Å². The van der Waals surface area contributed by atoms with Crippen LogP contribution in [0, 0.1) is 11.7 Å². The lowest BCUT2D eigenvalue weighted by Gasteiger charge is -2.46. The first kappa shape index (κ1) is 14.3. The van der Waals surface area contributed by atoms with Crippen LogP contribution in [0.3, 0.4) is 0 Å². The van der Waals surface area contributed by atoms with Crippen LogP contribution >= 0.6 is 0 Å². The van der Waals surface area contributed by atoms with Gasteiger partial charge in [0.25, 0.3) is 5.91 Å². The highest BCUT2D eigenvalue weighted by Gasteiger charge is 2.36. The Morgan fingerprint density at radius 3 is 2.90 bits per heavy atom. The summed E-state index contributed by atoms with van der Waals surface area (Å²) in [5.74, 6) is -0.863. The number of phenolic OH excluding ortho intramolecular Hbond substituents is 1. The number of hydrogen-bond acceptors (Lipinski definition) is 3. The summed E-state index contributed by atoms with van der Waals surface area (Å²) in [6, 6.07) is 4.51. The van der Waals surface area contributed by atoms with Crippen molar-refractivity contribution in [3.63, 3.8) is 0 Å². The lowest BCUT2D eigenvalue weighted by molar-refractivity contribution is 0.0312. The number of fused-ring (bicyclic) bond motifs is 1. The van der Waals surface area contributed by atoms with Crippen molar-refractivity contribution in [3.8, 4) is 5.75 Å². The number of benzene rings is 1. The van der Waals surface area contributed by atoms with Gasteiger partial charge >= 0.3 is 0 Å². The third-order valence-corrected chi connectivity index (χ3v) is 4.84. The van der Waals surface area contributed by atoms with Gasteiger partial charge in [0.05, 0.1) is 0 Å². The van der Waals surface area contributed by atoms with Crippen molar-refractivity contribution in [1.82, 2.24) is 9.80 Å². The first-order chi connectivity index (χ1) is 10.1. The summed E-state index contributed by atoms with van der Waals surface area (Å²) in [5.41, 5.74) is -0.194. The van der Waals surface area contributed by atoms with Gasteiger partial charge in [0.2, 0.25) is 0 Å². The number of carbonyl (C=O) groups is 1. The number of rotatable bonds is 1. The second-order valence-corrected chi connectivity index (χ2v) is 6.12. The summed E-state index contributed by atoms with van der Waals surface area (Å²) in [7, 11) is 2.14. The van der Waals surface area contributed by atoms with Gasteiger partial charge < -0.3 is 14.9 Å². The van der Waals surface area contributed by atoms with Gasteiger partial charge in [0, 0.05) is 19.1 Å². The quantitative estimate of drug-likeness (QED) is 0.862. The maximum absolute atomic E-state index is 13.8. The molecule has 114 valence electrons. The summed E-state index contributed by atoms with van der Waals surface area (Å²) in [6.07, 6.45) is 3.18. The number of nitrogens with zero attached hydrogens (tertiary/aromatic N) is 2. The van der Waals surface area contributed by atoms with E-state index in [1.54, 1.807) is 4.90 Å². The van der Waals surface area contributed by atoms with Crippen molar-refractivity contribution < 1.29 is 14.3 Å². The zero-order chi connectivity index (χ0) is 15.0. The third kappa shape index (κ3) is 2.62. The molecule has 1 N–H and O–H groups in total. The molecule has 2 fully saturated rings. The van der Waals surface area contributed by atoms with Gasteiger partial charge in [-0.3, -0.25) is 4.79 Å². The Kier molecular flexibility index (Phi) is 3.85. The van der Waals surface area contributed by atoms with Gasteiger partial charge in [-0.1, -0.05) is 6.07 Å². The van der Waals surface area contributed by atoms with Crippen LogP contribution in [0.4, 0.5) is 4.39 Å². The Bertz CT molecular complexity index is 529. The predicted octanol–water partition coefficient (Wildman–Crippen LogP) is 2.09. The third-order valence-electron chi connectivity index (χ3n) is 4.84. The topological polar surface area (TPSA) is 43.8 Å². The number of hydrogen-bond donors (Lipinski definition) is 1. The summed E-state index contributed by atoms with van der Waals surface area (Å²) < 4.78 is 13.8. The van der Waals surface area contributed by atoms with Crippen LogP contribution in [-0.4, -0.2) is 53.5 Å². The maximum Gasteiger partial charge on any atom is 0.260 e. The Morgan fingerprint density at radius 2 is 2.14 bits per heavy atom. The van der Waals surface area contributed by atoms with E-state index in [0.717, 1.165) is 25.8 Å². The predicted molar refractivity (Wildman–Crippen MR) is 77.7 cm³/mol. The normalized spacial score (nSPS) is 26.5. The monoisotopic (exact) mass is 292 g/mol. The van der Waals surface area contributed by atoms with Crippen LogP contribution in [0.15, 0.2) is 18.2 Å². The van der Waals surface area contributed by atoms with Gasteiger partial charge in [0.1, 0.15) is 17.1 Å². The van der Waals surface area contributed by atoms with E-state index >= 15 is 0 Å². The van der Waals surface area contributed by atoms with Crippen LogP contribution in [0.1, 0.15) is 29.6 Å². The van der Waals surface area contributed by atoms with Crippen LogP contribution in [0.5, 0.6) is 5.75 Å². The molecule has 1 aromatic rings. The SMILES string of the molecule is CN1CCCC2CN(C(=O)c3c(O)cccc3F)CCC21. The molecule has 2 heterocycles. The number of carbonyl (C=O) groups excluding carboxylic acids is 1. The fourth-order valence-electron chi connectivity index (χ4n) is 3.72. The van der Waals surface area contributed by atoms with Crippen LogP contribution in [0.2, 0.25) is 0 Å². The van der Waals surface area contributed by atoms with Crippen molar-refractivity contribution in [1.29, 1.82) is 0 Å². The lowest BCUT2D eigenvalue weighted by atomic mass is 9.84. The molecule has 0 spiro atoms. The summed E-state index contributed by atoms with van der Waals surface area (Å²) in [4.78, 5) is 16.6. The van der Waals surface area contributed by atoms with Gasteiger partial charge in [-0.15, -0.1) is 0 Å². The molecule has 2 saturated heterocycles. The Morgan fingerprint density at radius 1 is 1.33 bits per heavy atom. The Hall–Kier alpha value is -1.62. The smallest absolute Gasteiger partial charge is 0.260 e. The molecule has 21 heavy (non-hydrogen) atoms. The van der Waals surface area contributed by atoms with E-state index in [2.05, 4.69) is 11.9 Å². The van der Waals surface area contributed by atoms with Crippen LogP contribution in [0.25, 0.3) is 0 Å². The molecule has 0 aliphatic carbocycles. The average molecular weight is 292 g/mol. The van der Waals surface area contributed by atoms with E-state index in [0.29, 0.717) is 25.0 Å². The van der Waals surface area contributed by atoms with E-state index in [-0.39, 0.29) is 11.3 Å². The molecule has 0 radical (unpaired) electrons. The van der Waals surface area contributed by atoms with E-state index in [1.165, 1.54) is 18.2 Å². The minimum Gasteiger partial charge on any atom is -0.507 e. The van der Waals surface area contributed by atoms with Gasteiger partial charge in [-0.25, -0.2) is 4.39 Å². The second-order valence-electron chi connectivity index (χ2n) is 6.12. The Balaban J connectivity index is 1.78. The number of aromatic hydroxyl groups is 1. The van der Waals surface area contributed by atoms with E-state index in [1.807, 2.05) is 0 Å². The van der Waals surface area contributed by atoms with E-state index in [4.69, 9.17) is 0 Å². The fraction of sp³-hybridized carbons (Fsp3) is 0.562. The molecular formula is C16H21FN2O2. The molecule has 2 aliphatic heterocycles. The zero-order valence-corrected chi connectivity index (χ0v) is 12.3. The molecule has 3 rings (SSSR count). The summed E-state index contributed by atoms with van der Waals surface area (Å²) >= 11 is 0. The zero-order valence-electron chi connectivity index (χ0n) is 12.3. The Labute approximate surface area is 124 Å². The molecule has 1 aromatic carbocycles. The number of halogens is 1. The molecule has 2 unspecified atom stereocenters. The van der Waals surface area contributed by atoms with Gasteiger partial charge in [-0.2, -0.15) is 0 Å². The van der Waals surface area contributed by atoms with Gasteiger partial charge in [0.15, 0.2) is 0 Å². The molecule has 0 bridgehead atoms. The molecule has 4 nitrogen and oxygen atoms in total. The molecule has 2 atom stereocenters. The summed E-state index contributed by atoms with van der Waals surface area (Å²) in [6.45, 7) is 2.39. The number of likely N-dealkylation sites (tertiary alicyclic amines) is 2. The first-order valence-electron chi connectivity index (χ1n) is 7.55. The van der Waals surface area contributed by atoms with Crippen molar-refractivity contribution in [2.45, 2.75) is 25.3 Å². The summed E-state index contributed by atoms with van der Waals surface area (Å²) in [5, 5.41) is 9.77. The van der Waals surface area contributed by atoms with Crippen molar-refractivity contribution in [3.05, 3.63) is 29.6 Å². The van der Waals surface area contributed by atoms with Crippen molar-refractivity contribution in [2.24, 2.45) is 5.92 Å². The minimum atomic E-state index is -0.650. The van der Waals surface area contributed by atoms with E-state index in [9.17, 15) is 14.3 Å². The average Bonchev–Trinajstić information content (AvgIpc) is 2.47. The second kappa shape index (κ2) is 5.64. The van der Waals surface area contributed by atoms with Gasteiger partial charge in [-0.05, 0) is 50.9 Å². The largest absolute Gasteiger partial charge is 0.507 e. The van der Waals surface area contributed by atoms with Crippen molar-refractivity contribution >= 4 is 5.91 Å². The molecule has 5 heteroatoms.